The largest absolute Gasteiger partial charge is 0.404 e. The SMILES string of the molecule is Cn1cc(-c2cnc3ccc(N=C(N)/C=C\N)nc3c2)cn1.Cn1cc(-c2cnc3ccc(N=C(N)/C=C\NCOCC[Si](C)(C)C)nc3c2)cn1. The summed E-state index contributed by atoms with van der Waals surface area (Å²) in [5.41, 5.74) is 23.9. The third-order valence-electron chi connectivity index (χ3n) is 7.43. The zero-order valence-corrected chi connectivity index (χ0v) is 31.0. The van der Waals surface area contributed by atoms with Gasteiger partial charge in [-0.1, -0.05) is 19.6 Å². The second-order valence-electron chi connectivity index (χ2n) is 13.0. The zero-order chi connectivity index (χ0) is 37.1. The molecule has 0 amide bonds. The molecule has 0 aliphatic carbocycles. The van der Waals surface area contributed by atoms with Gasteiger partial charge < -0.3 is 27.3 Å². The van der Waals surface area contributed by atoms with Crippen LogP contribution in [0.4, 0.5) is 11.6 Å². The van der Waals surface area contributed by atoms with Crippen molar-refractivity contribution >= 4 is 53.4 Å². The molecule has 0 aromatic carbocycles. The maximum atomic E-state index is 5.99. The van der Waals surface area contributed by atoms with Crippen molar-refractivity contribution in [2.75, 3.05) is 13.3 Å². The van der Waals surface area contributed by atoms with Crippen LogP contribution in [-0.2, 0) is 18.8 Å². The van der Waals surface area contributed by atoms with E-state index in [1.807, 2.05) is 57.0 Å². The Balaban J connectivity index is 0.000000210. The van der Waals surface area contributed by atoms with Crippen LogP contribution < -0.4 is 22.5 Å². The van der Waals surface area contributed by atoms with E-state index in [0.29, 0.717) is 30.0 Å². The Bertz CT molecular complexity index is 2250. The van der Waals surface area contributed by atoms with Crippen molar-refractivity contribution in [3.63, 3.8) is 0 Å². The molecule has 0 bridgehead atoms. The summed E-state index contributed by atoms with van der Waals surface area (Å²) >= 11 is 0. The molecule has 0 fully saturated rings. The fourth-order valence-electron chi connectivity index (χ4n) is 4.71. The molecule has 6 rings (SSSR count). The van der Waals surface area contributed by atoms with E-state index in [2.05, 4.69) is 65.1 Å². The number of aliphatic imine (C=N–C) groups is 2. The van der Waals surface area contributed by atoms with Crippen molar-refractivity contribution < 1.29 is 4.74 Å². The average molecular weight is 717 g/mol. The molecule has 7 N–H and O–H groups in total. The van der Waals surface area contributed by atoms with Gasteiger partial charge in [0.25, 0.3) is 0 Å². The number of pyridine rings is 4. The fraction of sp³-hybridized carbons (Fsp3) is 0.222. The van der Waals surface area contributed by atoms with Crippen molar-refractivity contribution in [1.29, 1.82) is 0 Å². The minimum absolute atomic E-state index is 0.297. The molecule has 6 heterocycles. The Morgan fingerprint density at radius 1 is 0.750 bits per heavy atom. The number of nitrogens with one attached hydrogen (secondary N) is 1. The molecule has 0 aliphatic rings. The molecule has 6 aromatic rings. The first-order chi connectivity index (χ1) is 25.0. The second kappa shape index (κ2) is 17.1. The Morgan fingerprint density at radius 3 is 1.73 bits per heavy atom. The van der Waals surface area contributed by atoms with Crippen LogP contribution in [0.15, 0.2) is 108 Å². The number of amidine groups is 2. The number of hydrogen-bond donors (Lipinski definition) is 4. The molecule has 0 spiro atoms. The van der Waals surface area contributed by atoms with Crippen LogP contribution in [0.2, 0.25) is 25.7 Å². The quantitative estimate of drug-likeness (QED) is 0.0439. The Kier molecular flexibility index (Phi) is 12.2. The zero-order valence-electron chi connectivity index (χ0n) is 30.0. The first kappa shape index (κ1) is 37.0. The van der Waals surface area contributed by atoms with Gasteiger partial charge in [0.05, 0.1) is 34.5 Å². The standard InChI is InChI=1S/C21H29N7OSi.C15H15N7/c1-28-14-17(13-25-28)16-11-19-18(24-12-16)5-6-21(26-19)27-20(22)7-8-23-15-29-9-10-30(2,3)4;1-22-9-11(8-19-22)10-6-13-12(18-7-10)2-3-15(20-13)21-14(17)4-5-16/h5-8,11-14,23H,9-10,15H2,1-4H3,(H2,22,26,27);2-9H,16H2,1H3,(H2,17,20,21)/b8-7-;5-4-. The maximum Gasteiger partial charge on any atom is 0.155 e. The van der Waals surface area contributed by atoms with Crippen LogP contribution in [0.1, 0.15) is 0 Å². The Hall–Kier alpha value is -6.26. The van der Waals surface area contributed by atoms with E-state index in [-0.39, 0.29) is 0 Å². The third-order valence-corrected chi connectivity index (χ3v) is 9.13. The molecule has 268 valence electrons. The highest BCUT2D eigenvalue weighted by Gasteiger charge is 2.11. The highest BCUT2D eigenvalue weighted by atomic mass is 28.3. The van der Waals surface area contributed by atoms with E-state index < -0.39 is 8.07 Å². The summed E-state index contributed by atoms with van der Waals surface area (Å²) in [6.45, 7) is 8.22. The molecule has 0 saturated carbocycles. The number of aryl methyl sites for hydroxylation is 2. The van der Waals surface area contributed by atoms with Gasteiger partial charge in [-0.2, -0.15) is 10.2 Å². The van der Waals surface area contributed by atoms with Crippen LogP contribution in [0.3, 0.4) is 0 Å². The van der Waals surface area contributed by atoms with E-state index >= 15 is 0 Å². The van der Waals surface area contributed by atoms with E-state index in [1.54, 1.807) is 52.4 Å². The molecular weight excluding hydrogens is 673 g/mol. The molecule has 16 heteroatoms. The lowest BCUT2D eigenvalue weighted by atomic mass is 10.1. The van der Waals surface area contributed by atoms with Gasteiger partial charge in [0.1, 0.15) is 18.4 Å². The minimum atomic E-state index is -1.05. The smallest absolute Gasteiger partial charge is 0.155 e. The van der Waals surface area contributed by atoms with Gasteiger partial charge in [-0.3, -0.25) is 19.3 Å². The summed E-state index contributed by atoms with van der Waals surface area (Å²) in [6, 6.07) is 12.4. The van der Waals surface area contributed by atoms with E-state index in [1.165, 1.54) is 12.3 Å². The van der Waals surface area contributed by atoms with Gasteiger partial charge >= 0.3 is 0 Å². The molecule has 0 saturated heterocycles. The van der Waals surface area contributed by atoms with Crippen LogP contribution in [0, 0.1) is 0 Å². The summed E-state index contributed by atoms with van der Waals surface area (Å²) in [4.78, 5) is 26.4. The summed E-state index contributed by atoms with van der Waals surface area (Å²) in [5.74, 6) is 1.69. The van der Waals surface area contributed by atoms with Gasteiger partial charge in [-0.25, -0.2) is 20.0 Å². The summed E-state index contributed by atoms with van der Waals surface area (Å²) in [7, 11) is 2.70. The lowest BCUT2D eigenvalue weighted by Crippen LogP contribution is -2.23. The van der Waals surface area contributed by atoms with Gasteiger partial charge in [-0.15, -0.1) is 0 Å². The lowest BCUT2D eigenvalue weighted by molar-refractivity contribution is 0.137. The molecule has 15 nitrogen and oxygen atoms in total. The minimum Gasteiger partial charge on any atom is -0.404 e. The number of fused-ring (bicyclic) bond motifs is 2. The highest BCUT2D eigenvalue weighted by Crippen LogP contribution is 2.24. The molecule has 0 atom stereocenters. The van der Waals surface area contributed by atoms with E-state index in [4.69, 9.17) is 21.9 Å². The van der Waals surface area contributed by atoms with Gasteiger partial charge in [0.15, 0.2) is 11.6 Å². The molecule has 0 unspecified atom stereocenters. The molecule has 0 aliphatic heterocycles. The number of nitrogens with zero attached hydrogens (tertiary/aromatic N) is 10. The van der Waals surface area contributed by atoms with Gasteiger partial charge in [0, 0.05) is 82.0 Å². The second-order valence-corrected chi connectivity index (χ2v) is 18.6. The Morgan fingerprint density at radius 2 is 1.27 bits per heavy atom. The number of nitrogens with two attached hydrogens (primary N) is 3. The summed E-state index contributed by atoms with van der Waals surface area (Å²) < 4.78 is 9.07. The van der Waals surface area contributed by atoms with Crippen LogP contribution >= 0.6 is 0 Å². The predicted molar refractivity (Wildman–Crippen MR) is 211 cm³/mol. The fourth-order valence-corrected chi connectivity index (χ4v) is 5.47. The Labute approximate surface area is 303 Å². The summed E-state index contributed by atoms with van der Waals surface area (Å²) in [6.07, 6.45) is 17.3. The molecular formula is C36H44N14OSi. The number of ether oxygens (including phenoxy) is 1. The van der Waals surface area contributed by atoms with E-state index in [0.717, 1.165) is 57.0 Å². The predicted octanol–water partition coefficient (Wildman–Crippen LogP) is 4.93. The highest BCUT2D eigenvalue weighted by molar-refractivity contribution is 6.76. The number of aromatic nitrogens is 8. The van der Waals surface area contributed by atoms with Crippen molar-refractivity contribution in [3.8, 4) is 22.3 Å². The summed E-state index contributed by atoms with van der Waals surface area (Å²) in [5, 5.41) is 11.4. The molecule has 52 heavy (non-hydrogen) atoms. The van der Waals surface area contributed by atoms with Crippen LogP contribution in [0.5, 0.6) is 0 Å². The maximum absolute atomic E-state index is 5.99. The van der Waals surface area contributed by atoms with E-state index in [9.17, 15) is 0 Å². The third kappa shape index (κ3) is 10.9. The first-order valence-electron chi connectivity index (χ1n) is 16.5. The van der Waals surface area contributed by atoms with Crippen molar-refractivity contribution in [1.82, 2.24) is 44.8 Å². The lowest BCUT2D eigenvalue weighted by Gasteiger charge is -2.15. The van der Waals surface area contributed by atoms with Gasteiger partial charge in [0.2, 0.25) is 0 Å². The van der Waals surface area contributed by atoms with Gasteiger partial charge in [-0.05, 0) is 60.8 Å². The first-order valence-corrected chi connectivity index (χ1v) is 20.2. The number of rotatable bonds is 12. The van der Waals surface area contributed by atoms with Crippen molar-refractivity contribution in [2.45, 2.75) is 25.7 Å². The normalized spacial score (nSPS) is 12.6. The van der Waals surface area contributed by atoms with Crippen LogP contribution in [-0.4, -0.2) is 72.6 Å². The number of hydrogen-bond acceptors (Lipinski definition) is 11. The van der Waals surface area contributed by atoms with Crippen molar-refractivity contribution in [2.24, 2.45) is 41.3 Å². The monoisotopic (exact) mass is 716 g/mol. The van der Waals surface area contributed by atoms with Crippen LogP contribution in [0.25, 0.3) is 44.3 Å². The topological polar surface area (TPSA) is 211 Å². The molecule has 6 aromatic heterocycles. The molecule has 0 radical (unpaired) electrons. The average Bonchev–Trinajstić information content (AvgIpc) is 3.75. The van der Waals surface area contributed by atoms with Crippen molar-refractivity contribution in [3.05, 3.63) is 98.1 Å².